The zero-order chi connectivity index (χ0) is 20.4. The van der Waals surface area contributed by atoms with Crippen LogP contribution in [0.5, 0.6) is 0 Å². The van der Waals surface area contributed by atoms with Gasteiger partial charge in [0.2, 0.25) is 0 Å². The number of likely N-dealkylation sites (tertiary alicyclic amines) is 1. The van der Waals surface area contributed by atoms with Crippen LogP contribution >= 0.6 is 11.6 Å². The van der Waals surface area contributed by atoms with E-state index in [9.17, 15) is 19.1 Å². The number of carbonyl (C=O) groups excluding carboxylic acids is 2. The molecule has 1 aliphatic rings. The lowest BCUT2D eigenvalue weighted by atomic mass is 9.95. The number of amides is 1. The van der Waals surface area contributed by atoms with E-state index in [0.717, 1.165) is 0 Å². The van der Waals surface area contributed by atoms with Crippen molar-refractivity contribution in [2.24, 2.45) is 0 Å². The normalized spacial score (nSPS) is 18.9. The number of aliphatic hydroxyl groups excluding tert-OH is 1. The van der Waals surface area contributed by atoms with Crippen LogP contribution in [0.2, 0.25) is 5.02 Å². The van der Waals surface area contributed by atoms with Crippen molar-refractivity contribution in [2.75, 3.05) is 27.2 Å². The summed E-state index contributed by atoms with van der Waals surface area (Å²) in [4.78, 5) is 28.8. The summed E-state index contributed by atoms with van der Waals surface area (Å²) in [5.41, 5.74) is 0.912. The minimum Gasteiger partial charge on any atom is -0.507 e. The number of Topliss-reactive ketones (excluding diaryl/α,β-unsaturated/α-hetero) is 1. The second kappa shape index (κ2) is 8.12. The van der Waals surface area contributed by atoms with Crippen LogP contribution in [0.15, 0.2) is 54.1 Å². The zero-order valence-electron chi connectivity index (χ0n) is 15.5. The Bertz CT molecular complexity index is 924. The van der Waals surface area contributed by atoms with Gasteiger partial charge in [0, 0.05) is 23.7 Å². The Morgan fingerprint density at radius 2 is 1.71 bits per heavy atom. The first-order valence-corrected chi connectivity index (χ1v) is 9.12. The summed E-state index contributed by atoms with van der Waals surface area (Å²) >= 11 is 5.89. The van der Waals surface area contributed by atoms with Gasteiger partial charge in [0.1, 0.15) is 11.6 Å². The number of hydrogen-bond acceptors (Lipinski definition) is 4. The second-order valence-corrected chi connectivity index (χ2v) is 7.29. The molecule has 1 atom stereocenters. The van der Waals surface area contributed by atoms with Crippen LogP contribution in [0.3, 0.4) is 0 Å². The molecule has 1 fully saturated rings. The molecule has 2 aromatic carbocycles. The first kappa shape index (κ1) is 20.0. The zero-order valence-corrected chi connectivity index (χ0v) is 16.3. The Morgan fingerprint density at radius 3 is 2.29 bits per heavy atom. The van der Waals surface area contributed by atoms with Crippen LogP contribution in [0.25, 0.3) is 5.76 Å². The van der Waals surface area contributed by atoms with Gasteiger partial charge in [-0.15, -0.1) is 0 Å². The summed E-state index contributed by atoms with van der Waals surface area (Å²) in [6.07, 6.45) is 0. The Balaban J connectivity index is 2.13. The molecule has 1 aliphatic heterocycles. The third kappa shape index (κ3) is 3.93. The van der Waals surface area contributed by atoms with E-state index >= 15 is 0 Å². The van der Waals surface area contributed by atoms with Gasteiger partial charge < -0.3 is 14.9 Å². The van der Waals surface area contributed by atoms with Gasteiger partial charge in [-0.3, -0.25) is 9.59 Å². The molecular formula is C21H20ClFN2O3. The number of hydrogen-bond donors (Lipinski definition) is 1. The summed E-state index contributed by atoms with van der Waals surface area (Å²) in [6.45, 7) is 0.822. The molecule has 7 heteroatoms. The van der Waals surface area contributed by atoms with Crippen molar-refractivity contribution < 1.29 is 19.1 Å². The standard InChI is InChI=1S/C21H20ClFN2O3/c1-24(2)11-12-25-18(13-5-9-16(23)10-6-13)17(20(27)21(25)28)19(26)14-3-7-15(22)8-4-14/h3-10,18,26H,11-12H2,1-2H3/t18-/m0/s1. The molecule has 28 heavy (non-hydrogen) atoms. The predicted molar refractivity (Wildman–Crippen MR) is 105 cm³/mol. The molecule has 0 spiro atoms. The number of aliphatic hydroxyl groups is 1. The average molecular weight is 403 g/mol. The van der Waals surface area contributed by atoms with Gasteiger partial charge in [-0.2, -0.15) is 0 Å². The monoisotopic (exact) mass is 402 g/mol. The quantitative estimate of drug-likeness (QED) is 0.472. The van der Waals surface area contributed by atoms with E-state index in [1.807, 2.05) is 19.0 Å². The molecule has 0 aromatic heterocycles. The van der Waals surface area contributed by atoms with Crippen molar-refractivity contribution >= 4 is 29.1 Å². The number of ketones is 1. The molecule has 1 N–H and O–H groups in total. The van der Waals surface area contributed by atoms with E-state index in [0.29, 0.717) is 22.7 Å². The minimum absolute atomic E-state index is 0.0160. The van der Waals surface area contributed by atoms with E-state index in [4.69, 9.17) is 11.6 Å². The maximum atomic E-state index is 13.4. The molecule has 2 aromatic rings. The fourth-order valence-corrected chi connectivity index (χ4v) is 3.30. The van der Waals surface area contributed by atoms with Crippen molar-refractivity contribution in [1.82, 2.24) is 9.80 Å². The second-order valence-electron chi connectivity index (χ2n) is 6.85. The number of rotatable bonds is 5. The summed E-state index contributed by atoms with van der Waals surface area (Å²) in [7, 11) is 3.72. The van der Waals surface area contributed by atoms with Crippen LogP contribution in [0, 0.1) is 5.82 Å². The number of benzene rings is 2. The highest BCUT2D eigenvalue weighted by molar-refractivity contribution is 6.46. The largest absolute Gasteiger partial charge is 0.507 e. The van der Waals surface area contributed by atoms with Crippen molar-refractivity contribution in [1.29, 1.82) is 0 Å². The summed E-state index contributed by atoms with van der Waals surface area (Å²) in [5, 5.41) is 11.3. The maximum Gasteiger partial charge on any atom is 0.295 e. The highest BCUT2D eigenvalue weighted by Gasteiger charge is 2.45. The molecule has 0 saturated carbocycles. The maximum absolute atomic E-state index is 13.4. The molecule has 0 aliphatic carbocycles. The summed E-state index contributed by atoms with van der Waals surface area (Å²) in [6, 6.07) is 11.1. The van der Waals surface area contributed by atoms with Gasteiger partial charge in [-0.25, -0.2) is 4.39 Å². The number of nitrogens with zero attached hydrogens (tertiary/aromatic N) is 2. The minimum atomic E-state index is -0.795. The Hall–Kier alpha value is -2.70. The van der Waals surface area contributed by atoms with E-state index < -0.39 is 23.5 Å². The molecule has 0 radical (unpaired) electrons. The first-order chi connectivity index (χ1) is 13.3. The van der Waals surface area contributed by atoms with Gasteiger partial charge in [-0.05, 0) is 56.1 Å². The van der Waals surface area contributed by atoms with E-state index in [2.05, 4.69) is 0 Å². The average Bonchev–Trinajstić information content (AvgIpc) is 2.91. The molecule has 0 unspecified atom stereocenters. The van der Waals surface area contributed by atoms with Gasteiger partial charge in [0.25, 0.3) is 11.7 Å². The molecule has 5 nitrogen and oxygen atoms in total. The Labute approximate surface area is 167 Å². The van der Waals surface area contributed by atoms with Crippen LogP contribution in [-0.2, 0) is 9.59 Å². The van der Waals surface area contributed by atoms with E-state index in [1.165, 1.54) is 29.2 Å². The molecule has 0 bridgehead atoms. The van der Waals surface area contributed by atoms with Crippen molar-refractivity contribution in [3.05, 3.63) is 76.1 Å². The van der Waals surface area contributed by atoms with E-state index in [-0.39, 0.29) is 17.9 Å². The van der Waals surface area contributed by atoms with Crippen LogP contribution in [0.1, 0.15) is 17.2 Å². The van der Waals surface area contributed by atoms with Crippen molar-refractivity contribution in [3.63, 3.8) is 0 Å². The SMILES string of the molecule is CN(C)CCN1C(=O)C(=O)C(=C(O)c2ccc(Cl)cc2)[C@@H]1c1ccc(F)cc1. The van der Waals surface area contributed by atoms with Gasteiger partial charge in [0.05, 0.1) is 11.6 Å². The summed E-state index contributed by atoms with van der Waals surface area (Å²) < 4.78 is 13.4. The fourth-order valence-electron chi connectivity index (χ4n) is 3.17. The highest BCUT2D eigenvalue weighted by Crippen LogP contribution is 2.39. The smallest absolute Gasteiger partial charge is 0.295 e. The molecule has 1 saturated heterocycles. The van der Waals surface area contributed by atoms with Crippen molar-refractivity contribution in [3.8, 4) is 0 Å². The van der Waals surface area contributed by atoms with E-state index in [1.54, 1.807) is 24.3 Å². The number of halogens is 2. The van der Waals surface area contributed by atoms with Gasteiger partial charge in [-0.1, -0.05) is 23.7 Å². The Morgan fingerprint density at radius 1 is 1.11 bits per heavy atom. The summed E-state index contributed by atoms with van der Waals surface area (Å²) in [5.74, 6) is -2.16. The van der Waals surface area contributed by atoms with Gasteiger partial charge in [0.15, 0.2) is 0 Å². The van der Waals surface area contributed by atoms with Crippen LogP contribution < -0.4 is 0 Å². The fraction of sp³-hybridized carbons (Fsp3) is 0.238. The molecule has 1 heterocycles. The highest BCUT2D eigenvalue weighted by atomic mass is 35.5. The lowest BCUT2D eigenvalue weighted by molar-refractivity contribution is -0.140. The topological polar surface area (TPSA) is 60.9 Å². The molecule has 146 valence electrons. The van der Waals surface area contributed by atoms with Crippen LogP contribution in [-0.4, -0.2) is 53.8 Å². The molecular weight excluding hydrogens is 383 g/mol. The molecule has 3 rings (SSSR count). The number of likely N-dealkylation sites (N-methyl/N-ethyl adjacent to an activating group) is 1. The molecule has 1 amide bonds. The van der Waals surface area contributed by atoms with Crippen LogP contribution in [0.4, 0.5) is 4.39 Å². The van der Waals surface area contributed by atoms with Crippen molar-refractivity contribution in [2.45, 2.75) is 6.04 Å². The first-order valence-electron chi connectivity index (χ1n) is 8.74. The lowest BCUT2D eigenvalue weighted by Gasteiger charge is -2.26. The van der Waals surface area contributed by atoms with Gasteiger partial charge >= 0.3 is 0 Å². The predicted octanol–water partition coefficient (Wildman–Crippen LogP) is 3.46. The Kier molecular flexibility index (Phi) is 5.82. The number of carbonyl (C=O) groups is 2. The lowest BCUT2D eigenvalue weighted by Crippen LogP contribution is -2.35. The third-order valence-electron chi connectivity index (χ3n) is 4.63. The third-order valence-corrected chi connectivity index (χ3v) is 4.88.